The fourth-order valence-electron chi connectivity index (χ4n) is 10.9. The first kappa shape index (κ1) is 38.7. The Bertz CT molecular complexity index is 3590. The van der Waals surface area contributed by atoms with E-state index in [1.807, 2.05) is 6.07 Å². The van der Waals surface area contributed by atoms with E-state index in [0.29, 0.717) is 0 Å². The third-order valence-electron chi connectivity index (χ3n) is 13.9. The Morgan fingerprint density at radius 3 is 1.45 bits per heavy atom. The van der Waals surface area contributed by atoms with Crippen molar-refractivity contribution in [2.24, 2.45) is 0 Å². The van der Waals surface area contributed by atoms with E-state index in [4.69, 9.17) is 4.74 Å². The Hall–Kier alpha value is -8.72. The lowest BCUT2D eigenvalue weighted by atomic mass is 9.68. The molecule has 11 aromatic rings. The number of hydrogen-bond acceptors (Lipinski definition) is 2. The molecule has 0 aromatic heterocycles. The summed E-state index contributed by atoms with van der Waals surface area (Å²) < 4.78 is 6.40. The Kier molecular flexibility index (Phi) is 9.11. The highest BCUT2D eigenvalue weighted by Crippen LogP contribution is 2.56. The highest BCUT2D eigenvalue weighted by Gasteiger charge is 2.45. The average molecular weight is 854 g/mol. The number of benzene rings is 11. The summed E-state index contributed by atoms with van der Waals surface area (Å²) in [4.78, 5) is 2.40. The lowest BCUT2D eigenvalue weighted by Gasteiger charge is -2.34. The lowest BCUT2D eigenvalue weighted by molar-refractivity contribution is 0.487. The first-order valence-corrected chi connectivity index (χ1v) is 23.1. The third-order valence-corrected chi connectivity index (χ3v) is 13.9. The predicted molar refractivity (Wildman–Crippen MR) is 278 cm³/mol. The maximum atomic E-state index is 6.40. The van der Waals surface area contributed by atoms with Crippen molar-refractivity contribution in [1.29, 1.82) is 0 Å². The standard InChI is InChI=1S/C65H43NO/c1-3-15-44(16-4-1)45-29-31-46(32-30-45)47-33-37-53(38-34-47)66(55-21-13-17-48(42-55)50-41-49-18-14-28-63-64(49)59(43-50)58-24-9-12-27-62(58)67-63)54-39-35-52(36-40-54)65(51-19-5-2-6-20-51)60-25-10-7-22-56(60)57-23-8-11-26-61(57)65/h1-43H. The molecule has 0 atom stereocenters. The minimum atomic E-state index is -0.477. The zero-order valence-corrected chi connectivity index (χ0v) is 36.7. The largest absolute Gasteiger partial charge is 0.456 e. The summed E-state index contributed by atoms with van der Waals surface area (Å²) in [5.74, 6) is 1.78. The van der Waals surface area contributed by atoms with Crippen molar-refractivity contribution >= 4 is 27.8 Å². The normalized spacial score (nSPS) is 12.7. The number of fused-ring (bicyclic) bond motifs is 5. The second-order valence-electron chi connectivity index (χ2n) is 17.6. The van der Waals surface area contributed by atoms with Gasteiger partial charge in [0.2, 0.25) is 0 Å². The molecule has 0 radical (unpaired) electrons. The van der Waals surface area contributed by atoms with Gasteiger partial charge in [-0.15, -0.1) is 0 Å². The van der Waals surface area contributed by atoms with Crippen LogP contribution in [0.5, 0.6) is 11.5 Å². The molecular weight excluding hydrogens is 811 g/mol. The molecule has 0 unspecified atom stereocenters. The molecule has 0 spiro atoms. The van der Waals surface area contributed by atoms with Crippen LogP contribution in [0.15, 0.2) is 261 Å². The van der Waals surface area contributed by atoms with Gasteiger partial charge in [-0.2, -0.15) is 0 Å². The lowest BCUT2D eigenvalue weighted by Crippen LogP contribution is -2.28. The molecule has 67 heavy (non-hydrogen) atoms. The Morgan fingerprint density at radius 1 is 0.284 bits per heavy atom. The van der Waals surface area contributed by atoms with E-state index in [1.165, 1.54) is 61.2 Å². The molecule has 2 nitrogen and oxygen atoms in total. The highest BCUT2D eigenvalue weighted by molar-refractivity contribution is 6.06. The van der Waals surface area contributed by atoms with Gasteiger partial charge in [0.05, 0.1) is 5.41 Å². The average Bonchev–Trinajstić information content (AvgIpc) is 3.71. The van der Waals surface area contributed by atoms with Gasteiger partial charge in [0.15, 0.2) is 0 Å². The second-order valence-corrected chi connectivity index (χ2v) is 17.6. The topological polar surface area (TPSA) is 12.5 Å². The number of anilines is 3. The molecule has 0 bridgehead atoms. The van der Waals surface area contributed by atoms with Crippen LogP contribution in [0.2, 0.25) is 0 Å². The van der Waals surface area contributed by atoms with E-state index in [-0.39, 0.29) is 0 Å². The minimum Gasteiger partial charge on any atom is -0.456 e. The van der Waals surface area contributed by atoms with Crippen molar-refractivity contribution in [3.05, 3.63) is 283 Å². The molecule has 0 N–H and O–H groups in total. The van der Waals surface area contributed by atoms with Gasteiger partial charge >= 0.3 is 0 Å². The van der Waals surface area contributed by atoms with Crippen molar-refractivity contribution in [2.75, 3.05) is 4.90 Å². The fourth-order valence-corrected chi connectivity index (χ4v) is 10.9. The molecule has 13 rings (SSSR count). The quantitative estimate of drug-likeness (QED) is 0.151. The molecule has 11 aromatic carbocycles. The monoisotopic (exact) mass is 853 g/mol. The first-order valence-electron chi connectivity index (χ1n) is 23.1. The molecule has 2 aliphatic rings. The maximum absolute atomic E-state index is 6.40. The predicted octanol–water partition coefficient (Wildman–Crippen LogP) is 17.4. The first-order chi connectivity index (χ1) is 33.2. The molecule has 0 fully saturated rings. The number of ether oxygens (including phenoxy) is 1. The molecule has 0 saturated heterocycles. The summed E-state index contributed by atoms with van der Waals surface area (Å²) in [5, 5.41) is 2.31. The zero-order valence-electron chi connectivity index (χ0n) is 36.7. The summed E-state index contributed by atoms with van der Waals surface area (Å²) in [6, 6.07) is 95.0. The van der Waals surface area contributed by atoms with Crippen LogP contribution in [0.25, 0.3) is 66.4 Å². The van der Waals surface area contributed by atoms with Crippen LogP contribution < -0.4 is 9.64 Å². The summed E-state index contributed by atoms with van der Waals surface area (Å²) in [6.07, 6.45) is 0. The van der Waals surface area contributed by atoms with Crippen LogP contribution in [-0.4, -0.2) is 0 Å². The Labute approximate surface area is 391 Å². The maximum Gasteiger partial charge on any atom is 0.135 e. The van der Waals surface area contributed by atoms with Gasteiger partial charge in [0.25, 0.3) is 0 Å². The van der Waals surface area contributed by atoms with E-state index in [0.717, 1.165) is 56.0 Å². The van der Waals surface area contributed by atoms with Gasteiger partial charge in [0.1, 0.15) is 11.5 Å². The van der Waals surface area contributed by atoms with E-state index in [9.17, 15) is 0 Å². The van der Waals surface area contributed by atoms with Gasteiger partial charge < -0.3 is 9.64 Å². The SMILES string of the molecule is c1ccc(-c2ccc(-c3ccc(N(c4ccc(C5(c6ccccc6)c6ccccc6-c6ccccc65)cc4)c4cccc(-c5cc6c7c(cccc7c5)Oc5ccccc5-6)c4)cc3)cc2)cc1. The summed E-state index contributed by atoms with van der Waals surface area (Å²) >= 11 is 0. The van der Waals surface area contributed by atoms with E-state index >= 15 is 0 Å². The van der Waals surface area contributed by atoms with Crippen molar-refractivity contribution in [2.45, 2.75) is 5.41 Å². The molecule has 314 valence electrons. The molecule has 0 saturated carbocycles. The summed E-state index contributed by atoms with van der Waals surface area (Å²) in [7, 11) is 0. The van der Waals surface area contributed by atoms with Crippen LogP contribution in [0, 0.1) is 0 Å². The van der Waals surface area contributed by atoms with Gasteiger partial charge in [-0.05, 0) is 138 Å². The van der Waals surface area contributed by atoms with Crippen LogP contribution in [0.1, 0.15) is 22.3 Å². The molecule has 1 heterocycles. The number of hydrogen-bond donors (Lipinski definition) is 0. The van der Waals surface area contributed by atoms with Crippen molar-refractivity contribution < 1.29 is 4.74 Å². The van der Waals surface area contributed by atoms with Gasteiger partial charge in [-0.25, -0.2) is 0 Å². The molecule has 0 amide bonds. The van der Waals surface area contributed by atoms with Crippen molar-refractivity contribution in [3.63, 3.8) is 0 Å². The molecular formula is C65H43NO. The number of nitrogens with zero attached hydrogens (tertiary/aromatic N) is 1. The molecule has 1 aliphatic heterocycles. The van der Waals surface area contributed by atoms with Gasteiger partial charge in [0, 0.05) is 28.0 Å². The second kappa shape index (κ2) is 15.8. The third kappa shape index (κ3) is 6.33. The Balaban J connectivity index is 0.946. The summed E-state index contributed by atoms with van der Waals surface area (Å²) in [5.41, 5.74) is 19.8. The zero-order chi connectivity index (χ0) is 44.3. The van der Waals surface area contributed by atoms with Crippen molar-refractivity contribution in [3.8, 4) is 67.1 Å². The van der Waals surface area contributed by atoms with Gasteiger partial charge in [-0.3, -0.25) is 0 Å². The van der Waals surface area contributed by atoms with Crippen LogP contribution in [0.4, 0.5) is 17.1 Å². The smallest absolute Gasteiger partial charge is 0.135 e. The minimum absolute atomic E-state index is 0.477. The Morgan fingerprint density at radius 2 is 0.776 bits per heavy atom. The highest BCUT2D eigenvalue weighted by atomic mass is 16.5. The fraction of sp³-hybridized carbons (Fsp3) is 0.0154. The van der Waals surface area contributed by atoms with Crippen LogP contribution in [-0.2, 0) is 5.41 Å². The number of para-hydroxylation sites is 1. The van der Waals surface area contributed by atoms with E-state index < -0.39 is 5.41 Å². The van der Waals surface area contributed by atoms with Gasteiger partial charge in [-0.1, -0.05) is 200 Å². The summed E-state index contributed by atoms with van der Waals surface area (Å²) in [6.45, 7) is 0. The number of rotatable bonds is 8. The van der Waals surface area contributed by atoms with Crippen LogP contribution in [0.3, 0.4) is 0 Å². The van der Waals surface area contributed by atoms with Crippen LogP contribution >= 0.6 is 0 Å². The van der Waals surface area contributed by atoms with Crippen molar-refractivity contribution in [1.82, 2.24) is 0 Å². The molecule has 1 aliphatic carbocycles. The van der Waals surface area contributed by atoms with E-state index in [2.05, 4.69) is 260 Å². The van der Waals surface area contributed by atoms with E-state index in [1.54, 1.807) is 0 Å². The molecule has 2 heteroatoms.